The van der Waals surface area contributed by atoms with E-state index >= 15 is 0 Å². The number of carboxylic acids is 1. The van der Waals surface area contributed by atoms with Gasteiger partial charge in [-0.1, -0.05) is 19.1 Å². The first kappa shape index (κ1) is 16.2. The van der Waals surface area contributed by atoms with E-state index in [2.05, 4.69) is 10.3 Å². The van der Waals surface area contributed by atoms with E-state index in [-0.39, 0.29) is 5.56 Å². The van der Waals surface area contributed by atoms with Gasteiger partial charge in [0.1, 0.15) is 16.4 Å². The Balaban J connectivity index is 2.33. The third kappa shape index (κ3) is 2.90. The van der Waals surface area contributed by atoms with E-state index in [4.69, 9.17) is 0 Å². The van der Waals surface area contributed by atoms with Gasteiger partial charge in [-0.15, -0.1) is 11.3 Å². The van der Waals surface area contributed by atoms with Crippen LogP contribution in [0.5, 0.6) is 0 Å². The van der Waals surface area contributed by atoms with Crippen molar-refractivity contribution in [1.82, 2.24) is 9.55 Å². The molecule has 0 unspecified atom stereocenters. The Hall–Kier alpha value is -2.67. The van der Waals surface area contributed by atoms with Crippen LogP contribution < -0.4 is 10.7 Å². The number of hydrogen-bond acceptors (Lipinski definition) is 5. The Morgan fingerprint density at radius 2 is 2.17 bits per heavy atom. The summed E-state index contributed by atoms with van der Waals surface area (Å²) in [5.41, 5.74) is 0.00658. The van der Waals surface area contributed by atoms with Crippen LogP contribution >= 0.6 is 11.3 Å². The van der Waals surface area contributed by atoms with Crippen LogP contribution in [-0.4, -0.2) is 27.2 Å². The Kier molecular flexibility index (Phi) is 4.61. The first-order chi connectivity index (χ1) is 11.6. The third-order valence-electron chi connectivity index (χ3n) is 3.71. The van der Waals surface area contributed by atoms with Gasteiger partial charge in [-0.3, -0.25) is 4.79 Å². The Labute approximate surface area is 142 Å². The van der Waals surface area contributed by atoms with Gasteiger partial charge >= 0.3 is 5.97 Å². The largest absolute Gasteiger partial charge is 0.477 e. The first-order valence-corrected chi connectivity index (χ1v) is 8.52. The van der Waals surface area contributed by atoms with Gasteiger partial charge in [0.05, 0.1) is 12.1 Å². The van der Waals surface area contributed by atoms with Crippen LogP contribution in [0.4, 0.5) is 5.82 Å². The third-order valence-corrected chi connectivity index (χ3v) is 4.47. The molecule has 6 nitrogen and oxygen atoms in total. The van der Waals surface area contributed by atoms with Gasteiger partial charge in [-0.25, -0.2) is 9.78 Å². The Bertz CT molecular complexity index is 932. The molecular weight excluding hydrogens is 326 g/mol. The van der Waals surface area contributed by atoms with Crippen molar-refractivity contribution >= 4 is 34.0 Å². The molecule has 7 heteroatoms. The summed E-state index contributed by atoms with van der Waals surface area (Å²) in [6.07, 6.45) is 2.53. The smallest absolute Gasteiger partial charge is 0.343 e. The molecule has 0 fully saturated rings. The number of fused-ring (bicyclic) bond motifs is 1. The molecule has 0 atom stereocenters. The number of thiazole rings is 1. The summed E-state index contributed by atoms with van der Waals surface area (Å²) >= 11 is 1.49. The molecule has 0 aliphatic carbocycles. The maximum atomic E-state index is 12.7. The summed E-state index contributed by atoms with van der Waals surface area (Å²) in [4.78, 5) is 28.7. The number of nitrogens with one attached hydrogen (secondary N) is 1. The SMILES string of the molecule is CCCNc1c(C(=O)O)c(=O)c2ccccc2n1Cc1nccs1. The second-order valence-corrected chi connectivity index (χ2v) is 6.29. The molecule has 0 bridgehead atoms. The van der Waals surface area contributed by atoms with Crippen LogP contribution in [0.1, 0.15) is 28.7 Å². The number of para-hydroxylation sites is 1. The molecule has 0 aliphatic heterocycles. The van der Waals surface area contributed by atoms with Crippen molar-refractivity contribution in [2.24, 2.45) is 0 Å². The molecule has 1 aromatic carbocycles. The number of aromatic nitrogens is 2. The summed E-state index contributed by atoms with van der Waals surface area (Å²) in [6, 6.07) is 7.06. The number of carboxylic acid groups (broad SMARTS) is 1. The lowest BCUT2D eigenvalue weighted by Crippen LogP contribution is -2.24. The van der Waals surface area contributed by atoms with E-state index in [0.717, 1.165) is 11.4 Å². The van der Waals surface area contributed by atoms with Gasteiger partial charge in [0.2, 0.25) is 5.43 Å². The second-order valence-electron chi connectivity index (χ2n) is 5.31. The van der Waals surface area contributed by atoms with Gasteiger partial charge in [0.15, 0.2) is 0 Å². The fourth-order valence-corrected chi connectivity index (χ4v) is 3.26. The number of benzene rings is 1. The number of pyridine rings is 1. The highest BCUT2D eigenvalue weighted by atomic mass is 32.1. The molecule has 124 valence electrons. The number of anilines is 1. The molecule has 0 spiro atoms. The molecule has 3 rings (SSSR count). The number of rotatable bonds is 6. The number of hydrogen-bond donors (Lipinski definition) is 2. The standard InChI is InChI=1S/C17H17N3O3S/c1-2-7-19-16-14(17(22)23)15(21)11-5-3-4-6-12(11)20(16)10-13-18-8-9-24-13/h3-6,8-9,19H,2,7,10H2,1H3,(H,22,23). The Morgan fingerprint density at radius 1 is 1.38 bits per heavy atom. The molecular formula is C17H17N3O3S. The number of aromatic carboxylic acids is 1. The normalized spacial score (nSPS) is 10.9. The van der Waals surface area contributed by atoms with Gasteiger partial charge in [-0.2, -0.15) is 0 Å². The predicted octanol–water partition coefficient (Wildman–Crippen LogP) is 3.03. The zero-order valence-electron chi connectivity index (χ0n) is 13.2. The number of nitrogens with zero attached hydrogens (tertiary/aromatic N) is 2. The zero-order valence-corrected chi connectivity index (χ0v) is 14.0. The molecule has 0 aliphatic rings. The molecule has 0 saturated heterocycles. The van der Waals surface area contributed by atoms with Crippen LogP contribution in [-0.2, 0) is 6.54 Å². The van der Waals surface area contributed by atoms with Crippen LogP contribution in [0.3, 0.4) is 0 Å². The van der Waals surface area contributed by atoms with Crippen molar-refractivity contribution in [2.75, 3.05) is 11.9 Å². The average Bonchev–Trinajstić information content (AvgIpc) is 3.08. The highest BCUT2D eigenvalue weighted by molar-refractivity contribution is 7.09. The average molecular weight is 343 g/mol. The van der Waals surface area contributed by atoms with Crippen molar-refractivity contribution in [1.29, 1.82) is 0 Å². The van der Waals surface area contributed by atoms with Gasteiger partial charge in [0.25, 0.3) is 0 Å². The minimum atomic E-state index is -1.22. The van der Waals surface area contributed by atoms with E-state index in [1.807, 2.05) is 29.0 Å². The second kappa shape index (κ2) is 6.84. The lowest BCUT2D eigenvalue weighted by Gasteiger charge is -2.19. The van der Waals surface area contributed by atoms with Crippen molar-refractivity contribution in [3.63, 3.8) is 0 Å². The number of carbonyl (C=O) groups is 1. The maximum Gasteiger partial charge on any atom is 0.343 e. The Morgan fingerprint density at radius 3 is 2.83 bits per heavy atom. The summed E-state index contributed by atoms with van der Waals surface area (Å²) in [5.74, 6) is -0.888. The summed E-state index contributed by atoms with van der Waals surface area (Å²) < 4.78 is 1.83. The molecule has 2 heterocycles. The minimum Gasteiger partial charge on any atom is -0.477 e. The predicted molar refractivity (Wildman–Crippen MR) is 95.2 cm³/mol. The molecule has 0 amide bonds. The van der Waals surface area contributed by atoms with Crippen molar-refractivity contribution < 1.29 is 9.90 Å². The van der Waals surface area contributed by atoms with E-state index in [1.165, 1.54) is 11.3 Å². The zero-order chi connectivity index (χ0) is 17.1. The fourth-order valence-electron chi connectivity index (χ4n) is 2.65. The van der Waals surface area contributed by atoms with Gasteiger partial charge in [-0.05, 0) is 18.6 Å². The monoisotopic (exact) mass is 343 g/mol. The molecule has 24 heavy (non-hydrogen) atoms. The quantitative estimate of drug-likeness (QED) is 0.719. The molecule has 0 radical (unpaired) electrons. The van der Waals surface area contributed by atoms with Crippen molar-refractivity contribution in [3.05, 3.63) is 56.6 Å². The van der Waals surface area contributed by atoms with Crippen LogP contribution in [0.2, 0.25) is 0 Å². The summed E-state index contributed by atoms with van der Waals surface area (Å²) in [6.45, 7) is 2.97. The highest BCUT2D eigenvalue weighted by Crippen LogP contribution is 2.23. The molecule has 0 saturated carbocycles. The van der Waals surface area contributed by atoms with E-state index in [0.29, 0.717) is 29.8 Å². The van der Waals surface area contributed by atoms with Crippen LogP contribution in [0.25, 0.3) is 10.9 Å². The first-order valence-electron chi connectivity index (χ1n) is 7.64. The van der Waals surface area contributed by atoms with Gasteiger partial charge in [0, 0.05) is 23.5 Å². The van der Waals surface area contributed by atoms with E-state index in [9.17, 15) is 14.7 Å². The lowest BCUT2D eigenvalue weighted by atomic mass is 10.1. The minimum absolute atomic E-state index is 0.223. The summed E-state index contributed by atoms with van der Waals surface area (Å²) in [5, 5.41) is 15.8. The summed E-state index contributed by atoms with van der Waals surface area (Å²) in [7, 11) is 0. The lowest BCUT2D eigenvalue weighted by molar-refractivity contribution is 0.0696. The van der Waals surface area contributed by atoms with Crippen molar-refractivity contribution in [2.45, 2.75) is 19.9 Å². The maximum absolute atomic E-state index is 12.7. The van der Waals surface area contributed by atoms with Crippen molar-refractivity contribution in [3.8, 4) is 0 Å². The molecule has 2 aromatic heterocycles. The molecule has 2 N–H and O–H groups in total. The topological polar surface area (TPSA) is 84.2 Å². The van der Waals surface area contributed by atoms with Crippen LogP contribution in [0, 0.1) is 0 Å². The highest BCUT2D eigenvalue weighted by Gasteiger charge is 2.22. The van der Waals surface area contributed by atoms with E-state index in [1.54, 1.807) is 18.3 Å². The van der Waals surface area contributed by atoms with Gasteiger partial charge < -0.3 is 15.0 Å². The van der Waals surface area contributed by atoms with Crippen LogP contribution in [0.15, 0.2) is 40.6 Å². The molecule has 3 aromatic rings. The van der Waals surface area contributed by atoms with E-state index < -0.39 is 11.4 Å². The fraction of sp³-hybridized carbons (Fsp3) is 0.235.